The molecule has 0 spiro atoms. The van der Waals surface area contributed by atoms with E-state index < -0.39 is 6.09 Å². The lowest BCUT2D eigenvalue weighted by Gasteiger charge is -2.05. The van der Waals surface area contributed by atoms with Crippen LogP contribution in [0.5, 0.6) is 0 Å². The normalized spacial score (nSPS) is 10.0. The summed E-state index contributed by atoms with van der Waals surface area (Å²) >= 11 is 0. The number of nitrogens with one attached hydrogen (secondary N) is 2. The minimum absolute atomic E-state index is 0.439. The van der Waals surface area contributed by atoms with E-state index in [1.165, 1.54) is 0 Å². The van der Waals surface area contributed by atoms with Crippen molar-refractivity contribution in [3.8, 4) is 11.3 Å². The van der Waals surface area contributed by atoms with Gasteiger partial charge in [-0.3, -0.25) is 10.4 Å². The zero-order valence-corrected chi connectivity index (χ0v) is 9.63. The number of benzene rings is 1. The van der Waals surface area contributed by atoms with Crippen LogP contribution in [0.1, 0.15) is 5.56 Å². The van der Waals surface area contributed by atoms with Crippen molar-refractivity contribution in [1.29, 1.82) is 0 Å². The van der Waals surface area contributed by atoms with Crippen molar-refractivity contribution < 1.29 is 9.90 Å². The lowest BCUT2D eigenvalue weighted by atomic mass is 10.1. The number of hydrogen-bond acceptors (Lipinski definition) is 3. The number of nitrogens with zero attached hydrogens (tertiary/aromatic N) is 1. The van der Waals surface area contributed by atoms with Gasteiger partial charge in [-0.15, -0.1) is 0 Å². The van der Waals surface area contributed by atoms with Crippen molar-refractivity contribution in [3.63, 3.8) is 0 Å². The number of pyridine rings is 1. The van der Waals surface area contributed by atoms with Crippen molar-refractivity contribution >= 4 is 6.09 Å². The second kappa shape index (κ2) is 5.79. The fourth-order valence-corrected chi connectivity index (χ4v) is 1.55. The molecule has 0 aliphatic heterocycles. The van der Waals surface area contributed by atoms with E-state index in [4.69, 9.17) is 5.11 Å². The first-order valence-corrected chi connectivity index (χ1v) is 5.48. The maximum absolute atomic E-state index is 10.2. The van der Waals surface area contributed by atoms with Gasteiger partial charge in [-0.05, 0) is 17.7 Å². The Kier molecular flexibility index (Phi) is 3.88. The molecule has 2 aromatic rings. The monoisotopic (exact) mass is 243 g/mol. The van der Waals surface area contributed by atoms with Crippen molar-refractivity contribution in [3.05, 3.63) is 54.2 Å². The number of hydrogen-bond donors (Lipinski definition) is 3. The number of carboxylic acid groups (broad SMARTS) is 1. The van der Waals surface area contributed by atoms with Gasteiger partial charge in [0.15, 0.2) is 0 Å². The first-order valence-electron chi connectivity index (χ1n) is 5.48. The molecule has 0 radical (unpaired) electrons. The van der Waals surface area contributed by atoms with E-state index in [0.29, 0.717) is 6.54 Å². The number of rotatable bonds is 4. The summed E-state index contributed by atoms with van der Waals surface area (Å²) in [6.07, 6.45) is 0.654. The van der Waals surface area contributed by atoms with E-state index >= 15 is 0 Å². The number of carbonyl (C=O) groups is 1. The summed E-state index contributed by atoms with van der Waals surface area (Å²) in [5.41, 5.74) is 7.63. The molecular weight excluding hydrogens is 230 g/mol. The van der Waals surface area contributed by atoms with Crippen LogP contribution in [0.15, 0.2) is 48.7 Å². The summed E-state index contributed by atoms with van der Waals surface area (Å²) in [7, 11) is 0. The van der Waals surface area contributed by atoms with E-state index in [1.807, 2.05) is 42.5 Å². The largest absolute Gasteiger partial charge is 0.464 e. The van der Waals surface area contributed by atoms with Crippen molar-refractivity contribution in [2.24, 2.45) is 0 Å². The maximum Gasteiger partial charge on any atom is 0.419 e. The third-order valence-electron chi connectivity index (χ3n) is 2.40. The average molecular weight is 243 g/mol. The van der Waals surface area contributed by atoms with E-state index in [1.54, 1.807) is 6.20 Å². The van der Waals surface area contributed by atoms with Gasteiger partial charge in [0.1, 0.15) is 0 Å². The van der Waals surface area contributed by atoms with E-state index in [2.05, 4.69) is 15.8 Å². The topological polar surface area (TPSA) is 74.2 Å². The molecule has 5 nitrogen and oxygen atoms in total. The van der Waals surface area contributed by atoms with Gasteiger partial charge in [-0.1, -0.05) is 30.3 Å². The third-order valence-corrected chi connectivity index (χ3v) is 2.40. The maximum atomic E-state index is 10.2. The molecule has 0 saturated carbocycles. The SMILES string of the molecule is O=C(O)NNCc1ccc(-c2ccccn2)cc1. The molecule has 0 aliphatic rings. The fourth-order valence-electron chi connectivity index (χ4n) is 1.55. The Labute approximate surface area is 104 Å². The highest BCUT2D eigenvalue weighted by Crippen LogP contribution is 2.16. The molecule has 1 aromatic heterocycles. The lowest BCUT2D eigenvalue weighted by Crippen LogP contribution is -2.35. The summed E-state index contributed by atoms with van der Waals surface area (Å²) in [4.78, 5) is 14.5. The quantitative estimate of drug-likeness (QED) is 0.718. The molecule has 18 heavy (non-hydrogen) atoms. The van der Waals surface area contributed by atoms with Crippen LogP contribution in [0.4, 0.5) is 4.79 Å². The molecule has 3 N–H and O–H groups in total. The zero-order chi connectivity index (χ0) is 12.8. The van der Waals surface area contributed by atoms with Gasteiger partial charge in [0, 0.05) is 18.3 Å². The highest BCUT2D eigenvalue weighted by molar-refractivity contribution is 5.63. The smallest absolute Gasteiger partial charge is 0.419 e. The molecule has 0 bridgehead atoms. The van der Waals surface area contributed by atoms with Crippen LogP contribution in [-0.2, 0) is 6.54 Å². The van der Waals surface area contributed by atoms with Crippen LogP contribution in [0.25, 0.3) is 11.3 Å². The van der Waals surface area contributed by atoms with E-state index in [0.717, 1.165) is 16.8 Å². The van der Waals surface area contributed by atoms with E-state index in [9.17, 15) is 4.79 Å². The standard InChI is InChI=1S/C13H13N3O2/c17-13(18)16-15-9-10-4-6-11(7-5-10)12-3-1-2-8-14-12/h1-8,15-16H,9H2,(H,17,18). The van der Waals surface area contributed by atoms with Crippen LogP contribution >= 0.6 is 0 Å². The summed E-state index contributed by atoms with van der Waals surface area (Å²) in [5, 5.41) is 8.40. The number of hydrazine groups is 1. The van der Waals surface area contributed by atoms with Crippen LogP contribution in [0.2, 0.25) is 0 Å². The Morgan fingerprint density at radius 2 is 1.94 bits per heavy atom. The van der Waals surface area contributed by atoms with Crippen LogP contribution in [-0.4, -0.2) is 16.2 Å². The van der Waals surface area contributed by atoms with E-state index in [-0.39, 0.29) is 0 Å². The Morgan fingerprint density at radius 3 is 2.56 bits per heavy atom. The van der Waals surface area contributed by atoms with Gasteiger partial charge in [-0.2, -0.15) is 0 Å². The van der Waals surface area contributed by atoms with Crippen LogP contribution in [0, 0.1) is 0 Å². The van der Waals surface area contributed by atoms with Crippen molar-refractivity contribution in [1.82, 2.24) is 15.8 Å². The molecule has 0 fully saturated rings. The van der Waals surface area contributed by atoms with Gasteiger partial charge in [0.05, 0.1) is 5.69 Å². The Bertz CT molecular complexity index is 512. The molecule has 1 heterocycles. The number of amides is 1. The zero-order valence-electron chi connectivity index (χ0n) is 9.63. The van der Waals surface area contributed by atoms with Gasteiger partial charge >= 0.3 is 6.09 Å². The second-order valence-electron chi connectivity index (χ2n) is 3.70. The summed E-state index contributed by atoms with van der Waals surface area (Å²) in [6.45, 7) is 0.439. The minimum Gasteiger partial charge on any atom is -0.464 e. The van der Waals surface area contributed by atoms with Crippen LogP contribution < -0.4 is 10.9 Å². The van der Waals surface area contributed by atoms with Gasteiger partial charge in [0.2, 0.25) is 0 Å². The van der Waals surface area contributed by atoms with Crippen molar-refractivity contribution in [2.75, 3.05) is 0 Å². The third kappa shape index (κ3) is 3.29. The molecule has 0 aliphatic carbocycles. The first-order chi connectivity index (χ1) is 8.75. The second-order valence-corrected chi connectivity index (χ2v) is 3.70. The van der Waals surface area contributed by atoms with Crippen molar-refractivity contribution in [2.45, 2.75) is 6.54 Å². The van der Waals surface area contributed by atoms with Crippen LogP contribution in [0.3, 0.4) is 0 Å². The minimum atomic E-state index is -1.10. The Hall–Kier alpha value is -2.40. The Balaban J connectivity index is 2.00. The van der Waals surface area contributed by atoms with Gasteiger partial charge in [0.25, 0.3) is 0 Å². The molecule has 0 unspecified atom stereocenters. The van der Waals surface area contributed by atoms with Gasteiger partial charge in [-0.25, -0.2) is 10.2 Å². The molecule has 1 amide bonds. The molecule has 5 heteroatoms. The summed E-state index contributed by atoms with van der Waals surface area (Å²) in [6, 6.07) is 13.5. The molecule has 0 saturated heterocycles. The molecule has 0 atom stereocenters. The first kappa shape index (κ1) is 12.1. The summed E-state index contributed by atoms with van der Waals surface area (Å²) in [5.74, 6) is 0. The summed E-state index contributed by atoms with van der Waals surface area (Å²) < 4.78 is 0. The van der Waals surface area contributed by atoms with Gasteiger partial charge < -0.3 is 5.11 Å². The molecule has 92 valence electrons. The molecular formula is C13H13N3O2. The Morgan fingerprint density at radius 1 is 1.17 bits per heavy atom. The average Bonchev–Trinajstić information content (AvgIpc) is 2.40. The predicted molar refractivity (Wildman–Crippen MR) is 67.7 cm³/mol. The highest BCUT2D eigenvalue weighted by atomic mass is 16.4. The molecule has 1 aromatic carbocycles. The molecule has 2 rings (SSSR count). The predicted octanol–water partition coefficient (Wildman–Crippen LogP) is 2.02. The highest BCUT2D eigenvalue weighted by Gasteiger charge is 1.99. The number of aromatic nitrogens is 1. The fraction of sp³-hybridized carbons (Fsp3) is 0.0769. The lowest BCUT2D eigenvalue weighted by molar-refractivity contribution is 0.189.